The van der Waals surface area contributed by atoms with Crippen molar-refractivity contribution in [2.75, 3.05) is 17.6 Å². The number of aliphatic hydroxyl groups is 1. The smallest absolute Gasteiger partial charge is 0.140 e. The van der Waals surface area contributed by atoms with Crippen LogP contribution in [0.3, 0.4) is 0 Å². The highest BCUT2D eigenvalue weighted by Crippen LogP contribution is 2.28. The number of rotatable bonds is 4. The Morgan fingerprint density at radius 1 is 1.62 bits per heavy atom. The van der Waals surface area contributed by atoms with Gasteiger partial charge in [0, 0.05) is 6.54 Å². The molecule has 5 heteroatoms. The fraction of sp³-hybridized carbons (Fsp3) is 0.545. The Kier molecular flexibility index (Phi) is 4.15. The Morgan fingerprint density at radius 3 is 2.81 bits per heavy atom. The van der Waals surface area contributed by atoms with E-state index >= 15 is 0 Å². The van der Waals surface area contributed by atoms with Crippen LogP contribution >= 0.6 is 15.9 Å². The second kappa shape index (κ2) is 5.01. The minimum Gasteiger partial charge on any atom is -0.397 e. The van der Waals surface area contributed by atoms with Crippen LogP contribution in [0, 0.1) is 6.92 Å². The standard InChI is InChI=1S/C11H18BrN3O/c1-4-11(3,16)6-15-10-9(12)7(2)8(13)5-14-10/h5,16H,4,6,13H2,1-3H3,(H,14,15). The van der Waals surface area contributed by atoms with E-state index in [1.54, 1.807) is 13.1 Å². The first kappa shape index (κ1) is 13.3. The van der Waals surface area contributed by atoms with Crippen LogP contribution in [0.1, 0.15) is 25.8 Å². The number of anilines is 2. The van der Waals surface area contributed by atoms with E-state index in [0.717, 1.165) is 10.0 Å². The maximum absolute atomic E-state index is 9.87. The van der Waals surface area contributed by atoms with Gasteiger partial charge >= 0.3 is 0 Å². The Balaban J connectivity index is 2.80. The molecule has 0 aliphatic carbocycles. The van der Waals surface area contributed by atoms with Crippen LogP contribution < -0.4 is 11.1 Å². The molecule has 0 aliphatic heterocycles. The van der Waals surface area contributed by atoms with Gasteiger partial charge in [0.15, 0.2) is 0 Å². The molecule has 0 saturated heterocycles. The number of hydrogen-bond donors (Lipinski definition) is 3. The first-order valence-electron chi connectivity index (χ1n) is 5.24. The third-order valence-electron chi connectivity index (χ3n) is 2.70. The Bertz CT molecular complexity index is 380. The highest BCUT2D eigenvalue weighted by Gasteiger charge is 2.18. The van der Waals surface area contributed by atoms with Crippen LogP contribution in [-0.4, -0.2) is 22.2 Å². The monoisotopic (exact) mass is 287 g/mol. The van der Waals surface area contributed by atoms with Crippen LogP contribution in [0.2, 0.25) is 0 Å². The van der Waals surface area contributed by atoms with Gasteiger partial charge in [0.1, 0.15) is 5.82 Å². The number of nitrogens with zero attached hydrogens (tertiary/aromatic N) is 1. The predicted octanol–water partition coefficient (Wildman–Crippen LogP) is 2.31. The zero-order valence-corrected chi connectivity index (χ0v) is 11.4. The van der Waals surface area contributed by atoms with Crippen molar-refractivity contribution >= 4 is 27.4 Å². The molecule has 4 nitrogen and oxygen atoms in total. The molecule has 1 aromatic rings. The fourth-order valence-corrected chi connectivity index (χ4v) is 1.59. The molecule has 0 saturated carbocycles. The quantitative estimate of drug-likeness (QED) is 0.795. The summed E-state index contributed by atoms with van der Waals surface area (Å²) in [5, 5.41) is 13.0. The van der Waals surface area contributed by atoms with Crippen molar-refractivity contribution in [3.05, 3.63) is 16.2 Å². The van der Waals surface area contributed by atoms with Gasteiger partial charge in [-0.1, -0.05) is 6.92 Å². The summed E-state index contributed by atoms with van der Waals surface area (Å²) in [6.45, 7) is 6.11. The van der Waals surface area contributed by atoms with Crippen molar-refractivity contribution in [2.45, 2.75) is 32.8 Å². The molecular weight excluding hydrogens is 270 g/mol. The van der Waals surface area contributed by atoms with Gasteiger partial charge in [0.2, 0.25) is 0 Å². The summed E-state index contributed by atoms with van der Waals surface area (Å²) in [7, 11) is 0. The lowest BCUT2D eigenvalue weighted by molar-refractivity contribution is 0.0696. The molecule has 0 radical (unpaired) electrons. The van der Waals surface area contributed by atoms with Gasteiger partial charge in [-0.2, -0.15) is 0 Å². The largest absolute Gasteiger partial charge is 0.397 e. The number of nitrogen functional groups attached to an aromatic ring is 1. The van der Waals surface area contributed by atoms with Gasteiger partial charge in [-0.15, -0.1) is 0 Å². The summed E-state index contributed by atoms with van der Waals surface area (Å²) in [5.41, 5.74) is 6.61. The van der Waals surface area contributed by atoms with Crippen LogP contribution in [0.5, 0.6) is 0 Å². The average Bonchev–Trinajstić information content (AvgIpc) is 2.25. The fourth-order valence-electron chi connectivity index (χ4n) is 1.11. The maximum atomic E-state index is 9.87. The van der Waals surface area contributed by atoms with Crippen LogP contribution in [0.25, 0.3) is 0 Å². The van der Waals surface area contributed by atoms with E-state index in [0.29, 0.717) is 24.5 Å². The molecule has 0 aliphatic rings. The number of pyridine rings is 1. The number of halogens is 1. The molecule has 1 atom stereocenters. The molecule has 0 bridgehead atoms. The topological polar surface area (TPSA) is 71.2 Å². The van der Waals surface area contributed by atoms with E-state index in [-0.39, 0.29) is 0 Å². The molecule has 1 rings (SSSR count). The normalized spacial score (nSPS) is 14.6. The SMILES string of the molecule is CCC(C)(O)CNc1ncc(N)c(C)c1Br. The summed E-state index contributed by atoms with van der Waals surface area (Å²) >= 11 is 3.43. The van der Waals surface area contributed by atoms with Crippen molar-refractivity contribution < 1.29 is 5.11 Å². The summed E-state index contributed by atoms with van der Waals surface area (Å²) in [5.74, 6) is 0.709. The number of aromatic nitrogens is 1. The second-order valence-electron chi connectivity index (χ2n) is 4.21. The third kappa shape index (κ3) is 3.09. The Hall–Kier alpha value is -0.810. The summed E-state index contributed by atoms with van der Waals surface area (Å²) in [6, 6.07) is 0. The molecule has 0 aromatic carbocycles. The second-order valence-corrected chi connectivity index (χ2v) is 5.00. The van der Waals surface area contributed by atoms with E-state index < -0.39 is 5.60 Å². The highest BCUT2D eigenvalue weighted by atomic mass is 79.9. The maximum Gasteiger partial charge on any atom is 0.140 e. The van der Waals surface area contributed by atoms with Gasteiger partial charge in [-0.25, -0.2) is 4.98 Å². The van der Waals surface area contributed by atoms with Gasteiger partial charge in [0.05, 0.1) is 22.0 Å². The van der Waals surface area contributed by atoms with Gasteiger partial charge < -0.3 is 16.2 Å². The predicted molar refractivity (Wildman–Crippen MR) is 70.5 cm³/mol. The van der Waals surface area contributed by atoms with Crippen molar-refractivity contribution in [1.82, 2.24) is 4.98 Å². The number of nitrogens with one attached hydrogen (secondary N) is 1. The molecule has 16 heavy (non-hydrogen) atoms. The van der Waals surface area contributed by atoms with E-state index in [1.165, 1.54) is 0 Å². The van der Waals surface area contributed by atoms with Crippen LogP contribution in [0.4, 0.5) is 11.5 Å². The third-order valence-corrected chi connectivity index (χ3v) is 3.67. The highest BCUT2D eigenvalue weighted by molar-refractivity contribution is 9.10. The van der Waals surface area contributed by atoms with Crippen molar-refractivity contribution in [2.24, 2.45) is 0 Å². The molecular formula is C11H18BrN3O. The molecule has 1 heterocycles. The molecule has 90 valence electrons. The van der Waals surface area contributed by atoms with Gasteiger partial charge in [-0.05, 0) is 41.8 Å². The van der Waals surface area contributed by atoms with Gasteiger partial charge in [-0.3, -0.25) is 0 Å². The molecule has 1 unspecified atom stereocenters. The summed E-state index contributed by atoms with van der Waals surface area (Å²) in [4.78, 5) is 4.18. The summed E-state index contributed by atoms with van der Waals surface area (Å²) < 4.78 is 0.847. The van der Waals surface area contributed by atoms with Crippen LogP contribution in [0.15, 0.2) is 10.7 Å². The first-order valence-corrected chi connectivity index (χ1v) is 6.03. The summed E-state index contributed by atoms with van der Waals surface area (Å²) in [6.07, 6.45) is 2.30. The van der Waals surface area contributed by atoms with Crippen LogP contribution in [-0.2, 0) is 0 Å². The molecule has 1 aromatic heterocycles. The Morgan fingerprint density at radius 2 is 2.25 bits per heavy atom. The van der Waals surface area contributed by atoms with Crippen molar-refractivity contribution in [3.63, 3.8) is 0 Å². The molecule has 0 amide bonds. The molecule has 4 N–H and O–H groups in total. The van der Waals surface area contributed by atoms with E-state index in [2.05, 4.69) is 26.2 Å². The van der Waals surface area contributed by atoms with Crippen molar-refractivity contribution in [1.29, 1.82) is 0 Å². The van der Waals surface area contributed by atoms with Gasteiger partial charge in [0.25, 0.3) is 0 Å². The molecule has 0 spiro atoms. The number of nitrogens with two attached hydrogens (primary N) is 1. The number of hydrogen-bond acceptors (Lipinski definition) is 4. The van der Waals surface area contributed by atoms with E-state index in [9.17, 15) is 5.11 Å². The minimum absolute atomic E-state index is 0.457. The average molecular weight is 288 g/mol. The molecule has 0 fully saturated rings. The Labute approximate surface area is 104 Å². The van der Waals surface area contributed by atoms with Crippen molar-refractivity contribution in [3.8, 4) is 0 Å². The first-order chi connectivity index (χ1) is 7.37. The lowest BCUT2D eigenvalue weighted by atomic mass is 10.0. The minimum atomic E-state index is -0.726. The lowest BCUT2D eigenvalue weighted by Gasteiger charge is -2.22. The zero-order chi connectivity index (χ0) is 12.3. The lowest BCUT2D eigenvalue weighted by Crippen LogP contribution is -2.32. The van der Waals surface area contributed by atoms with E-state index in [1.807, 2.05) is 13.8 Å². The van der Waals surface area contributed by atoms with E-state index in [4.69, 9.17) is 5.73 Å². The zero-order valence-electron chi connectivity index (χ0n) is 9.84.